The molecular formula is C13H14O2. The lowest BCUT2D eigenvalue weighted by Gasteiger charge is -2.27. The number of aryl methyl sites for hydroxylation is 1. The van der Waals surface area contributed by atoms with E-state index >= 15 is 0 Å². The normalized spacial score (nSPS) is 33.1. The Hall–Kier alpha value is -1.31. The Kier molecular flexibility index (Phi) is 1.70. The molecule has 0 N–H and O–H groups in total. The highest BCUT2D eigenvalue weighted by Gasteiger charge is 2.53. The second-order valence-corrected chi connectivity index (χ2v) is 4.72. The van der Waals surface area contributed by atoms with Crippen molar-refractivity contribution in [3.63, 3.8) is 0 Å². The fourth-order valence-corrected chi connectivity index (χ4v) is 2.83. The minimum Gasteiger partial charge on any atom is -0.454 e. The van der Waals surface area contributed by atoms with Gasteiger partial charge in [0.15, 0.2) is 0 Å². The lowest BCUT2D eigenvalue weighted by molar-refractivity contribution is -0.156. The van der Waals surface area contributed by atoms with Crippen LogP contribution >= 0.6 is 0 Å². The summed E-state index contributed by atoms with van der Waals surface area (Å²) in [6.07, 6.45) is 2.87. The Morgan fingerprint density at radius 3 is 2.93 bits per heavy atom. The molecule has 2 aliphatic rings. The first-order chi connectivity index (χ1) is 7.20. The molecule has 1 aliphatic carbocycles. The topological polar surface area (TPSA) is 26.3 Å². The Bertz CT molecular complexity index is 424. The smallest absolute Gasteiger partial charge is 0.309 e. The molecular weight excluding hydrogens is 188 g/mol. The summed E-state index contributed by atoms with van der Waals surface area (Å²) in [5.74, 6) is 0.160. The summed E-state index contributed by atoms with van der Waals surface area (Å²) >= 11 is 0. The minimum atomic E-state index is -0.284. The van der Waals surface area contributed by atoms with Crippen molar-refractivity contribution in [3.8, 4) is 0 Å². The molecule has 0 aromatic heterocycles. The molecule has 2 nitrogen and oxygen atoms in total. The lowest BCUT2D eigenvalue weighted by atomic mass is 9.91. The first kappa shape index (κ1) is 8.96. The van der Waals surface area contributed by atoms with Gasteiger partial charge in [-0.05, 0) is 25.3 Å². The first-order valence-corrected chi connectivity index (χ1v) is 5.50. The van der Waals surface area contributed by atoms with Crippen molar-refractivity contribution in [1.82, 2.24) is 0 Å². The van der Waals surface area contributed by atoms with Gasteiger partial charge in [-0.3, -0.25) is 4.79 Å². The van der Waals surface area contributed by atoms with Crippen LogP contribution in [0.15, 0.2) is 24.3 Å². The molecule has 0 radical (unpaired) electrons. The van der Waals surface area contributed by atoms with Crippen LogP contribution in [0.4, 0.5) is 0 Å². The van der Waals surface area contributed by atoms with Crippen molar-refractivity contribution in [2.75, 3.05) is 0 Å². The Morgan fingerprint density at radius 2 is 2.33 bits per heavy atom. The number of fused-ring (bicyclic) bond motifs is 2. The quantitative estimate of drug-likeness (QED) is 0.654. The van der Waals surface area contributed by atoms with Crippen LogP contribution < -0.4 is 0 Å². The van der Waals surface area contributed by atoms with E-state index < -0.39 is 0 Å². The third-order valence-electron chi connectivity index (χ3n) is 3.65. The van der Waals surface area contributed by atoms with Crippen LogP contribution in [0.2, 0.25) is 0 Å². The molecule has 2 heteroatoms. The van der Waals surface area contributed by atoms with Crippen molar-refractivity contribution in [3.05, 3.63) is 35.4 Å². The third-order valence-corrected chi connectivity index (χ3v) is 3.65. The molecule has 0 unspecified atom stereocenters. The van der Waals surface area contributed by atoms with E-state index in [4.69, 9.17) is 4.74 Å². The van der Waals surface area contributed by atoms with Crippen LogP contribution in [0.3, 0.4) is 0 Å². The largest absolute Gasteiger partial charge is 0.454 e. The van der Waals surface area contributed by atoms with Gasteiger partial charge in [0.25, 0.3) is 0 Å². The fraction of sp³-hybridized carbons (Fsp3) is 0.462. The van der Waals surface area contributed by atoms with E-state index in [2.05, 4.69) is 25.1 Å². The molecule has 2 fully saturated rings. The van der Waals surface area contributed by atoms with Crippen molar-refractivity contribution in [2.24, 2.45) is 5.92 Å². The molecule has 1 saturated heterocycles. The second kappa shape index (κ2) is 2.84. The van der Waals surface area contributed by atoms with Crippen molar-refractivity contribution < 1.29 is 9.53 Å². The molecule has 2 bridgehead atoms. The monoisotopic (exact) mass is 202 g/mol. The number of rotatable bonds is 1. The van der Waals surface area contributed by atoms with Gasteiger partial charge in [-0.1, -0.05) is 29.8 Å². The number of hydrogen-bond acceptors (Lipinski definition) is 2. The van der Waals surface area contributed by atoms with E-state index in [9.17, 15) is 4.79 Å². The third kappa shape index (κ3) is 1.21. The van der Waals surface area contributed by atoms with Gasteiger partial charge in [0.05, 0.1) is 5.92 Å². The summed E-state index contributed by atoms with van der Waals surface area (Å²) in [4.78, 5) is 11.5. The highest BCUT2D eigenvalue weighted by atomic mass is 16.6. The van der Waals surface area contributed by atoms with Crippen LogP contribution in [0, 0.1) is 12.8 Å². The average molecular weight is 202 g/mol. The molecule has 0 amide bonds. The zero-order valence-electron chi connectivity index (χ0n) is 8.82. The average Bonchev–Trinajstić information content (AvgIpc) is 2.76. The highest BCUT2D eigenvalue weighted by Crippen LogP contribution is 2.51. The van der Waals surface area contributed by atoms with E-state index in [1.54, 1.807) is 0 Å². The summed E-state index contributed by atoms with van der Waals surface area (Å²) in [6, 6.07) is 8.33. The molecule has 1 heterocycles. The number of ether oxygens (including phenoxy) is 1. The maximum absolute atomic E-state index is 11.5. The predicted octanol–water partition coefficient (Wildman–Crippen LogP) is 2.55. The molecule has 1 aromatic rings. The van der Waals surface area contributed by atoms with Crippen molar-refractivity contribution in [1.29, 1.82) is 0 Å². The summed E-state index contributed by atoms with van der Waals surface area (Å²) in [6.45, 7) is 2.07. The number of benzene rings is 1. The SMILES string of the molecule is Cc1cccc([C@@]23CC[C@@H](C2)C(=O)O3)c1. The number of carbonyl (C=O) groups is 1. The van der Waals surface area contributed by atoms with Gasteiger partial charge < -0.3 is 4.74 Å². The molecule has 1 aliphatic heterocycles. The van der Waals surface area contributed by atoms with Gasteiger partial charge in [-0.2, -0.15) is 0 Å². The molecule has 15 heavy (non-hydrogen) atoms. The molecule has 2 atom stereocenters. The van der Waals surface area contributed by atoms with E-state index in [0.29, 0.717) is 0 Å². The lowest BCUT2D eigenvalue weighted by Crippen LogP contribution is -2.26. The van der Waals surface area contributed by atoms with Gasteiger partial charge in [0, 0.05) is 6.42 Å². The molecule has 1 aromatic carbocycles. The summed E-state index contributed by atoms with van der Waals surface area (Å²) in [5, 5.41) is 0. The maximum Gasteiger partial charge on any atom is 0.309 e. The highest BCUT2D eigenvalue weighted by molar-refractivity contribution is 5.77. The maximum atomic E-state index is 11.5. The van der Waals surface area contributed by atoms with Crippen LogP contribution in [0.1, 0.15) is 30.4 Å². The van der Waals surface area contributed by atoms with Crippen LogP contribution in [0.5, 0.6) is 0 Å². The second-order valence-electron chi connectivity index (χ2n) is 4.72. The number of esters is 1. The zero-order chi connectivity index (χ0) is 10.5. The van der Waals surface area contributed by atoms with Gasteiger partial charge in [0.2, 0.25) is 0 Å². The Balaban J connectivity index is 2.04. The van der Waals surface area contributed by atoms with Crippen molar-refractivity contribution in [2.45, 2.75) is 31.8 Å². The van der Waals surface area contributed by atoms with Crippen LogP contribution in [-0.4, -0.2) is 5.97 Å². The summed E-state index contributed by atoms with van der Waals surface area (Å²) in [7, 11) is 0. The zero-order valence-corrected chi connectivity index (χ0v) is 8.82. The molecule has 78 valence electrons. The standard InChI is InChI=1S/C13H14O2/c1-9-3-2-4-11(7-9)13-6-5-10(8-13)12(14)15-13/h2-4,7,10H,5-6,8H2,1H3/t10-,13+/m0/s1. The summed E-state index contributed by atoms with van der Waals surface area (Å²) < 4.78 is 5.55. The Labute approximate surface area is 89.2 Å². The van der Waals surface area contributed by atoms with Crippen LogP contribution in [-0.2, 0) is 15.1 Å². The Morgan fingerprint density at radius 1 is 1.47 bits per heavy atom. The number of hydrogen-bond donors (Lipinski definition) is 0. The molecule has 3 rings (SSSR count). The first-order valence-electron chi connectivity index (χ1n) is 5.50. The predicted molar refractivity (Wildman–Crippen MR) is 56.3 cm³/mol. The van der Waals surface area contributed by atoms with Gasteiger partial charge >= 0.3 is 5.97 Å². The van der Waals surface area contributed by atoms with E-state index in [-0.39, 0.29) is 17.5 Å². The molecule has 1 saturated carbocycles. The fourth-order valence-electron chi connectivity index (χ4n) is 2.83. The van der Waals surface area contributed by atoms with Crippen LogP contribution in [0.25, 0.3) is 0 Å². The van der Waals surface area contributed by atoms with Gasteiger partial charge in [0.1, 0.15) is 5.60 Å². The van der Waals surface area contributed by atoms with E-state index in [1.165, 1.54) is 11.1 Å². The van der Waals surface area contributed by atoms with Crippen molar-refractivity contribution >= 4 is 5.97 Å². The van der Waals surface area contributed by atoms with Gasteiger partial charge in [-0.15, -0.1) is 0 Å². The van der Waals surface area contributed by atoms with E-state index in [0.717, 1.165) is 19.3 Å². The summed E-state index contributed by atoms with van der Waals surface area (Å²) in [5.41, 5.74) is 2.12. The molecule has 0 spiro atoms. The number of carbonyl (C=O) groups excluding carboxylic acids is 1. The van der Waals surface area contributed by atoms with E-state index in [1.807, 2.05) is 6.07 Å². The van der Waals surface area contributed by atoms with Gasteiger partial charge in [-0.25, -0.2) is 0 Å². The minimum absolute atomic E-state index is 0.00255.